The molecule has 2 N–H and O–H groups in total. The number of hydrogen-bond donors (Lipinski definition) is 2. The number of guanidine groups is 1. The third-order valence-electron chi connectivity index (χ3n) is 4.02. The van der Waals surface area contributed by atoms with Crippen LogP contribution in [0.4, 0.5) is 10.1 Å². The van der Waals surface area contributed by atoms with Crippen molar-refractivity contribution in [1.29, 1.82) is 0 Å². The molecule has 146 valence electrons. The molecule has 1 aromatic rings. The van der Waals surface area contributed by atoms with E-state index >= 15 is 0 Å². The Kier molecular flexibility index (Phi) is 10.3. The van der Waals surface area contributed by atoms with E-state index in [1.54, 1.807) is 26.3 Å². The van der Waals surface area contributed by atoms with Crippen LogP contribution in [0.2, 0.25) is 0 Å². The third-order valence-corrected chi connectivity index (χ3v) is 4.02. The van der Waals surface area contributed by atoms with E-state index in [4.69, 9.17) is 4.74 Å². The SMILES string of the molecule is CN=C(NCC(=O)NCCOC)N1CCN(c2ccccc2F)CC1.I. The first-order valence-corrected chi connectivity index (χ1v) is 8.36. The van der Waals surface area contributed by atoms with Crippen molar-refractivity contribution >= 4 is 41.5 Å². The van der Waals surface area contributed by atoms with Crippen molar-refractivity contribution in [3.05, 3.63) is 30.1 Å². The second-order valence-corrected chi connectivity index (χ2v) is 5.67. The molecule has 1 aliphatic heterocycles. The van der Waals surface area contributed by atoms with Gasteiger partial charge in [-0.2, -0.15) is 0 Å². The lowest BCUT2D eigenvalue weighted by Gasteiger charge is -2.37. The largest absolute Gasteiger partial charge is 0.383 e. The smallest absolute Gasteiger partial charge is 0.239 e. The molecule has 0 unspecified atom stereocenters. The van der Waals surface area contributed by atoms with Gasteiger partial charge >= 0.3 is 0 Å². The highest BCUT2D eigenvalue weighted by molar-refractivity contribution is 14.0. The lowest BCUT2D eigenvalue weighted by molar-refractivity contribution is -0.120. The first-order chi connectivity index (χ1) is 12.2. The fourth-order valence-corrected chi connectivity index (χ4v) is 2.71. The second kappa shape index (κ2) is 11.9. The molecule has 0 saturated carbocycles. The molecule has 1 heterocycles. The first kappa shape index (κ1) is 22.4. The molecule has 1 aromatic carbocycles. The number of piperazine rings is 1. The van der Waals surface area contributed by atoms with Gasteiger partial charge in [0.2, 0.25) is 5.91 Å². The first-order valence-electron chi connectivity index (χ1n) is 8.36. The molecule has 1 amide bonds. The van der Waals surface area contributed by atoms with Crippen LogP contribution in [0.3, 0.4) is 0 Å². The molecule has 0 aromatic heterocycles. The Morgan fingerprint density at radius 2 is 1.92 bits per heavy atom. The van der Waals surface area contributed by atoms with Crippen molar-refractivity contribution in [2.45, 2.75) is 0 Å². The minimum absolute atomic E-state index is 0. The monoisotopic (exact) mass is 479 g/mol. The molecule has 0 atom stereocenters. The number of ether oxygens (including phenoxy) is 1. The van der Waals surface area contributed by atoms with E-state index in [-0.39, 0.29) is 42.2 Å². The number of rotatable bonds is 6. The predicted molar refractivity (Wildman–Crippen MR) is 112 cm³/mol. The Balaban J connectivity index is 0.00000338. The summed E-state index contributed by atoms with van der Waals surface area (Å²) >= 11 is 0. The quantitative estimate of drug-likeness (QED) is 0.275. The number of aliphatic imine (C=N–C) groups is 1. The number of carbonyl (C=O) groups excluding carboxylic acids is 1. The number of nitrogens with zero attached hydrogens (tertiary/aromatic N) is 3. The number of methoxy groups -OCH3 is 1. The Labute approximate surface area is 171 Å². The third kappa shape index (κ3) is 6.60. The van der Waals surface area contributed by atoms with Gasteiger partial charge in [0.05, 0.1) is 18.8 Å². The molecule has 7 nitrogen and oxygen atoms in total. The van der Waals surface area contributed by atoms with Crippen LogP contribution in [0.25, 0.3) is 0 Å². The van der Waals surface area contributed by atoms with E-state index in [2.05, 4.69) is 20.5 Å². The summed E-state index contributed by atoms with van der Waals surface area (Å²) in [4.78, 5) is 20.1. The van der Waals surface area contributed by atoms with Gasteiger partial charge in [-0.15, -0.1) is 24.0 Å². The van der Waals surface area contributed by atoms with Gasteiger partial charge in [-0.05, 0) is 12.1 Å². The van der Waals surface area contributed by atoms with Gasteiger partial charge in [-0.1, -0.05) is 12.1 Å². The van der Waals surface area contributed by atoms with Crippen molar-refractivity contribution < 1.29 is 13.9 Å². The van der Waals surface area contributed by atoms with Crippen LogP contribution in [0.1, 0.15) is 0 Å². The second-order valence-electron chi connectivity index (χ2n) is 5.67. The van der Waals surface area contributed by atoms with E-state index in [0.29, 0.717) is 51.0 Å². The highest BCUT2D eigenvalue weighted by Gasteiger charge is 2.21. The summed E-state index contributed by atoms with van der Waals surface area (Å²) in [6, 6.07) is 6.80. The number of halogens is 2. The van der Waals surface area contributed by atoms with E-state index in [9.17, 15) is 9.18 Å². The molecule has 9 heteroatoms. The van der Waals surface area contributed by atoms with Crippen molar-refractivity contribution in [1.82, 2.24) is 15.5 Å². The molecular formula is C17H27FIN5O2. The van der Waals surface area contributed by atoms with E-state index in [1.807, 2.05) is 11.0 Å². The van der Waals surface area contributed by atoms with E-state index < -0.39 is 0 Å². The molecule has 2 rings (SSSR count). The Bertz CT molecular complexity index is 594. The number of para-hydroxylation sites is 1. The highest BCUT2D eigenvalue weighted by atomic mass is 127. The summed E-state index contributed by atoms with van der Waals surface area (Å²) in [5.74, 6) is 0.365. The van der Waals surface area contributed by atoms with Gasteiger partial charge in [0.25, 0.3) is 0 Å². The van der Waals surface area contributed by atoms with Crippen LogP contribution in [0.15, 0.2) is 29.3 Å². The molecule has 1 aliphatic rings. The van der Waals surface area contributed by atoms with Crippen LogP contribution in [0.5, 0.6) is 0 Å². The summed E-state index contributed by atoms with van der Waals surface area (Å²) in [5, 5.41) is 5.81. The minimum atomic E-state index is -0.203. The summed E-state index contributed by atoms with van der Waals surface area (Å²) in [6.07, 6.45) is 0. The van der Waals surface area contributed by atoms with Crippen molar-refractivity contribution in [2.75, 3.05) is 64.9 Å². The van der Waals surface area contributed by atoms with Crippen LogP contribution in [-0.2, 0) is 9.53 Å². The molecule has 0 spiro atoms. The number of nitrogens with one attached hydrogen (secondary N) is 2. The number of amides is 1. The molecule has 0 bridgehead atoms. The Morgan fingerprint density at radius 3 is 2.54 bits per heavy atom. The summed E-state index contributed by atoms with van der Waals surface area (Å²) in [6.45, 7) is 3.93. The van der Waals surface area contributed by atoms with Crippen molar-refractivity contribution in [3.8, 4) is 0 Å². The lowest BCUT2D eigenvalue weighted by Crippen LogP contribution is -2.54. The molecule has 0 aliphatic carbocycles. The van der Waals surface area contributed by atoms with Crippen LogP contribution < -0.4 is 15.5 Å². The zero-order valence-electron chi connectivity index (χ0n) is 15.2. The highest BCUT2D eigenvalue weighted by Crippen LogP contribution is 2.20. The topological polar surface area (TPSA) is 69.2 Å². The Hall–Kier alpha value is -1.62. The average molecular weight is 479 g/mol. The van der Waals surface area contributed by atoms with E-state index in [1.165, 1.54) is 6.07 Å². The number of anilines is 1. The van der Waals surface area contributed by atoms with E-state index in [0.717, 1.165) is 0 Å². The minimum Gasteiger partial charge on any atom is -0.383 e. The molecule has 1 saturated heterocycles. The molecule has 0 radical (unpaired) electrons. The van der Waals surface area contributed by atoms with Crippen molar-refractivity contribution in [3.63, 3.8) is 0 Å². The van der Waals surface area contributed by atoms with Crippen LogP contribution >= 0.6 is 24.0 Å². The van der Waals surface area contributed by atoms with Gasteiger partial charge in [-0.25, -0.2) is 4.39 Å². The zero-order chi connectivity index (χ0) is 18.1. The maximum absolute atomic E-state index is 13.9. The van der Waals surface area contributed by atoms with Gasteiger partial charge < -0.3 is 25.2 Å². The Morgan fingerprint density at radius 1 is 1.23 bits per heavy atom. The maximum Gasteiger partial charge on any atom is 0.239 e. The fraction of sp³-hybridized carbons (Fsp3) is 0.529. The molecule has 26 heavy (non-hydrogen) atoms. The number of benzene rings is 1. The average Bonchev–Trinajstić information content (AvgIpc) is 2.63. The normalized spacial score (nSPS) is 14.7. The molecule has 1 fully saturated rings. The maximum atomic E-state index is 13.9. The fourth-order valence-electron chi connectivity index (χ4n) is 2.71. The van der Waals surface area contributed by atoms with Crippen LogP contribution in [-0.4, -0.2) is 76.8 Å². The summed E-state index contributed by atoms with van der Waals surface area (Å²) in [7, 11) is 3.28. The summed E-state index contributed by atoms with van der Waals surface area (Å²) in [5.41, 5.74) is 0.627. The number of hydrogen-bond acceptors (Lipinski definition) is 4. The van der Waals surface area contributed by atoms with Crippen molar-refractivity contribution in [2.24, 2.45) is 4.99 Å². The number of carbonyl (C=O) groups is 1. The standard InChI is InChI=1S/C17H26FN5O2.HI/c1-19-17(21-13-16(24)20-7-12-25-2)23-10-8-22(9-11-23)15-6-4-3-5-14(15)18;/h3-6H,7-13H2,1-2H3,(H,19,21)(H,20,24);1H. The van der Waals surface area contributed by atoms with Crippen LogP contribution in [0, 0.1) is 5.82 Å². The zero-order valence-corrected chi connectivity index (χ0v) is 17.5. The van der Waals surface area contributed by atoms with Gasteiger partial charge in [0.1, 0.15) is 5.82 Å². The molecular weight excluding hydrogens is 452 g/mol. The van der Waals surface area contributed by atoms with Gasteiger partial charge in [0, 0.05) is 46.9 Å². The van der Waals surface area contributed by atoms with Gasteiger partial charge in [-0.3, -0.25) is 9.79 Å². The summed E-state index contributed by atoms with van der Waals surface area (Å²) < 4.78 is 18.8. The predicted octanol–water partition coefficient (Wildman–Crippen LogP) is 0.904. The lowest BCUT2D eigenvalue weighted by atomic mass is 10.2. The van der Waals surface area contributed by atoms with Gasteiger partial charge in [0.15, 0.2) is 5.96 Å².